The third kappa shape index (κ3) is 2.46. The molecule has 1 heterocycles. The van der Waals surface area contributed by atoms with E-state index in [1.165, 1.54) is 0 Å². The standard InChI is InChI=1S/C7H5NO6S4/c9-17(10,11)3-1-4-6(16-7(15)8-4)5(2-3)18(12,13)14/h1-2H,(H,8,15)(H,9,10,11)(H,12,13,14). The Hall–Kier alpha value is -0.850. The Labute approximate surface area is 111 Å². The molecule has 0 saturated carbocycles. The summed E-state index contributed by atoms with van der Waals surface area (Å²) in [5.74, 6) is 0. The Balaban J connectivity index is 3.03. The van der Waals surface area contributed by atoms with Crippen LogP contribution in [0.2, 0.25) is 0 Å². The topological polar surface area (TPSA) is 125 Å². The average molecular weight is 327 g/mol. The molecule has 0 atom stereocenters. The lowest BCUT2D eigenvalue weighted by atomic mass is 10.3. The molecular formula is C7H5NO6S4. The van der Waals surface area contributed by atoms with Crippen molar-refractivity contribution in [1.29, 1.82) is 0 Å². The van der Waals surface area contributed by atoms with Gasteiger partial charge in [-0.2, -0.15) is 16.8 Å². The zero-order valence-electron chi connectivity index (χ0n) is 8.32. The predicted molar refractivity (Wildman–Crippen MR) is 66.6 cm³/mol. The first-order valence-corrected chi connectivity index (χ1v) is 8.31. The van der Waals surface area contributed by atoms with Crippen LogP contribution in [0.4, 0.5) is 0 Å². The normalized spacial score (nSPS) is 13.0. The van der Waals surface area contributed by atoms with E-state index in [0.717, 1.165) is 17.4 Å². The van der Waals surface area contributed by atoms with Crippen molar-refractivity contribution in [1.82, 2.24) is 4.98 Å². The van der Waals surface area contributed by atoms with E-state index in [4.69, 9.17) is 21.3 Å². The highest BCUT2D eigenvalue weighted by atomic mass is 32.2. The maximum atomic E-state index is 11.2. The van der Waals surface area contributed by atoms with Crippen LogP contribution in [0.25, 0.3) is 10.2 Å². The monoisotopic (exact) mass is 327 g/mol. The Kier molecular flexibility index (Phi) is 3.08. The van der Waals surface area contributed by atoms with Crippen LogP contribution in [-0.4, -0.2) is 30.9 Å². The van der Waals surface area contributed by atoms with E-state index in [2.05, 4.69) is 4.98 Å². The van der Waals surface area contributed by atoms with Crippen LogP contribution < -0.4 is 0 Å². The molecule has 0 fully saturated rings. The number of aromatic amines is 1. The van der Waals surface area contributed by atoms with Crippen molar-refractivity contribution >= 4 is 54.0 Å². The molecule has 0 saturated heterocycles. The second-order valence-corrected chi connectivity index (χ2v) is 7.76. The zero-order valence-corrected chi connectivity index (χ0v) is 11.6. The van der Waals surface area contributed by atoms with Crippen molar-refractivity contribution in [3.05, 3.63) is 16.1 Å². The van der Waals surface area contributed by atoms with Gasteiger partial charge in [-0.15, -0.1) is 11.3 Å². The molecule has 0 bridgehead atoms. The summed E-state index contributed by atoms with van der Waals surface area (Å²) < 4.78 is 62.6. The SMILES string of the molecule is O=S(=O)(O)c1cc(S(=O)(=O)O)c2sc(=S)[nH]c2c1. The van der Waals surface area contributed by atoms with Crippen LogP contribution in [-0.2, 0) is 20.2 Å². The van der Waals surface area contributed by atoms with Gasteiger partial charge in [-0.1, -0.05) is 0 Å². The van der Waals surface area contributed by atoms with Crippen LogP contribution >= 0.6 is 23.6 Å². The fourth-order valence-corrected chi connectivity index (χ4v) is 4.10. The van der Waals surface area contributed by atoms with Crippen LogP contribution in [0.5, 0.6) is 0 Å². The molecule has 18 heavy (non-hydrogen) atoms. The number of hydrogen-bond donors (Lipinski definition) is 3. The van der Waals surface area contributed by atoms with E-state index in [1.54, 1.807) is 0 Å². The van der Waals surface area contributed by atoms with Gasteiger partial charge in [0.15, 0.2) is 3.95 Å². The lowest BCUT2D eigenvalue weighted by Gasteiger charge is -2.02. The van der Waals surface area contributed by atoms with E-state index >= 15 is 0 Å². The maximum Gasteiger partial charge on any atom is 0.296 e. The van der Waals surface area contributed by atoms with Crippen LogP contribution in [0, 0.1) is 3.95 Å². The fourth-order valence-electron chi connectivity index (χ4n) is 1.34. The number of H-pyrrole nitrogens is 1. The van der Waals surface area contributed by atoms with Gasteiger partial charge in [-0.3, -0.25) is 9.11 Å². The van der Waals surface area contributed by atoms with Crippen molar-refractivity contribution in [2.45, 2.75) is 9.79 Å². The Morgan fingerprint density at radius 2 is 1.72 bits per heavy atom. The van der Waals surface area contributed by atoms with Gasteiger partial charge in [0.2, 0.25) is 0 Å². The van der Waals surface area contributed by atoms with Gasteiger partial charge in [-0.05, 0) is 24.4 Å². The summed E-state index contributed by atoms with van der Waals surface area (Å²) in [5.41, 5.74) is 0.104. The largest absolute Gasteiger partial charge is 0.337 e. The van der Waals surface area contributed by atoms with Crippen molar-refractivity contribution in [3.8, 4) is 0 Å². The average Bonchev–Trinajstić information content (AvgIpc) is 2.52. The van der Waals surface area contributed by atoms with E-state index < -0.39 is 30.0 Å². The number of fused-ring (bicyclic) bond motifs is 1. The van der Waals surface area contributed by atoms with E-state index in [-0.39, 0.29) is 14.2 Å². The third-order valence-corrected chi connectivity index (χ3v) is 5.16. The van der Waals surface area contributed by atoms with Gasteiger partial charge < -0.3 is 4.98 Å². The van der Waals surface area contributed by atoms with E-state index in [0.29, 0.717) is 6.07 Å². The van der Waals surface area contributed by atoms with Gasteiger partial charge in [0, 0.05) is 0 Å². The van der Waals surface area contributed by atoms with Gasteiger partial charge in [-0.25, -0.2) is 0 Å². The summed E-state index contributed by atoms with van der Waals surface area (Å²) in [5, 5.41) is 0. The second kappa shape index (κ2) is 4.08. The second-order valence-electron chi connectivity index (χ2n) is 3.26. The highest BCUT2D eigenvalue weighted by molar-refractivity contribution is 7.87. The Morgan fingerprint density at radius 1 is 1.11 bits per heavy atom. The number of thiazole rings is 1. The van der Waals surface area contributed by atoms with Gasteiger partial charge in [0.1, 0.15) is 4.90 Å². The molecule has 1 aromatic carbocycles. The van der Waals surface area contributed by atoms with Crippen LogP contribution in [0.1, 0.15) is 0 Å². The number of rotatable bonds is 2. The van der Waals surface area contributed by atoms with Crippen molar-refractivity contribution in [3.63, 3.8) is 0 Å². The van der Waals surface area contributed by atoms with Crippen molar-refractivity contribution in [2.75, 3.05) is 0 Å². The highest BCUT2D eigenvalue weighted by Crippen LogP contribution is 2.30. The summed E-state index contributed by atoms with van der Waals surface area (Å²) in [7, 11) is -9.22. The van der Waals surface area contributed by atoms with Crippen molar-refractivity contribution in [2.24, 2.45) is 0 Å². The molecule has 0 aliphatic carbocycles. The predicted octanol–water partition coefficient (Wildman–Crippen LogP) is 1.45. The first kappa shape index (κ1) is 13.6. The summed E-state index contributed by atoms with van der Waals surface area (Å²) in [4.78, 5) is 1.30. The molecule has 0 spiro atoms. The minimum absolute atomic E-state index is 0.0925. The summed E-state index contributed by atoms with van der Waals surface area (Å²) in [6, 6.07) is 1.71. The number of hydrogen-bond acceptors (Lipinski definition) is 6. The third-order valence-electron chi connectivity index (χ3n) is 2.04. The highest BCUT2D eigenvalue weighted by Gasteiger charge is 2.21. The first-order valence-electron chi connectivity index (χ1n) is 4.21. The zero-order chi connectivity index (χ0) is 13.7. The van der Waals surface area contributed by atoms with Crippen molar-refractivity contribution < 1.29 is 25.9 Å². The quantitative estimate of drug-likeness (QED) is 0.563. The maximum absolute atomic E-state index is 11.2. The molecule has 0 aliphatic rings. The molecular weight excluding hydrogens is 322 g/mol. The van der Waals surface area contributed by atoms with E-state index in [9.17, 15) is 16.8 Å². The summed E-state index contributed by atoms with van der Waals surface area (Å²) >= 11 is 5.68. The molecule has 0 aliphatic heterocycles. The number of benzene rings is 1. The molecule has 2 rings (SSSR count). The molecule has 0 amide bonds. The van der Waals surface area contributed by atoms with Crippen LogP contribution in [0.3, 0.4) is 0 Å². The molecule has 7 nitrogen and oxygen atoms in total. The lowest BCUT2D eigenvalue weighted by Crippen LogP contribution is -2.03. The van der Waals surface area contributed by atoms with E-state index in [1.807, 2.05) is 0 Å². The van der Waals surface area contributed by atoms with Gasteiger partial charge in [0.05, 0.1) is 15.1 Å². The number of aromatic nitrogens is 1. The number of nitrogens with one attached hydrogen (secondary N) is 1. The fraction of sp³-hybridized carbons (Fsp3) is 0. The molecule has 0 radical (unpaired) electrons. The Bertz CT molecular complexity index is 888. The molecule has 98 valence electrons. The van der Waals surface area contributed by atoms with Gasteiger partial charge >= 0.3 is 0 Å². The minimum atomic E-state index is -4.63. The smallest absolute Gasteiger partial charge is 0.296 e. The molecule has 2 aromatic rings. The molecule has 3 N–H and O–H groups in total. The summed E-state index contributed by atoms with van der Waals surface area (Å²) in [6.07, 6.45) is 0. The summed E-state index contributed by atoms with van der Waals surface area (Å²) in [6.45, 7) is 0. The Morgan fingerprint density at radius 3 is 2.22 bits per heavy atom. The van der Waals surface area contributed by atoms with Gasteiger partial charge in [0.25, 0.3) is 20.2 Å². The van der Waals surface area contributed by atoms with Crippen LogP contribution in [0.15, 0.2) is 21.9 Å². The minimum Gasteiger partial charge on any atom is -0.337 e. The lowest BCUT2D eigenvalue weighted by molar-refractivity contribution is 0.482. The molecule has 11 heteroatoms. The molecule has 1 aromatic heterocycles. The molecule has 0 unspecified atom stereocenters. The first-order chi connectivity index (χ1) is 8.09.